The number of hydrogen-bond donors (Lipinski definition) is 1. The Morgan fingerprint density at radius 2 is 1.83 bits per heavy atom. The van der Waals surface area contributed by atoms with Gasteiger partial charge in [-0.3, -0.25) is 9.59 Å². The quantitative estimate of drug-likeness (QED) is 0.790. The van der Waals surface area contributed by atoms with Gasteiger partial charge < -0.3 is 15.0 Å². The summed E-state index contributed by atoms with van der Waals surface area (Å²) < 4.78 is 5.34. The molecule has 0 spiro atoms. The van der Waals surface area contributed by atoms with Crippen molar-refractivity contribution < 1.29 is 19.1 Å². The average molecular weight is 391 g/mol. The molecule has 0 aromatic heterocycles. The molecule has 3 rings (SSSR count). The van der Waals surface area contributed by atoms with Gasteiger partial charge in [0.2, 0.25) is 5.91 Å². The van der Waals surface area contributed by atoms with Crippen LogP contribution in [0.25, 0.3) is 0 Å². The standard InChI is InChI=1S/C22H21N3O4/c1-15(21(27)25-13-11-16-4-2-3-5-18(16)14-25)29-22(28)17-6-8-19(9-7-17)24-20(26)10-12-23/h2-9,15H,10-11,13-14H2,1H3,(H,24,26)/t15-/m1/s1. The van der Waals surface area contributed by atoms with Crippen LogP contribution in [0.15, 0.2) is 48.5 Å². The fraction of sp³-hybridized carbons (Fsp3) is 0.273. The lowest BCUT2D eigenvalue weighted by Crippen LogP contribution is -2.42. The number of nitrogens with zero attached hydrogens (tertiary/aromatic N) is 2. The third-order valence-corrected chi connectivity index (χ3v) is 4.72. The summed E-state index contributed by atoms with van der Waals surface area (Å²) in [4.78, 5) is 38.2. The monoisotopic (exact) mass is 391 g/mol. The highest BCUT2D eigenvalue weighted by Crippen LogP contribution is 2.20. The molecule has 29 heavy (non-hydrogen) atoms. The largest absolute Gasteiger partial charge is 0.449 e. The van der Waals surface area contributed by atoms with Crippen LogP contribution in [-0.4, -0.2) is 35.3 Å². The molecule has 0 bridgehead atoms. The zero-order chi connectivity index (χ0) is 20.8. The van der Waals surface area contributed by atoms with Gasteiger partial charge >= 0.3 is 5.97 Å². The Labute approximate surface area is 168 Å². The second-order valence-corrected chi connectivity index (χ2v) is 6.79. The minimum absolute atomic E-state index is 0.228. The van der Waals surface area contributed by atoms with Crippen molar-refractivity contribution in [2.75, 3.05) is 11.9 Å². The van der Waals surface area contributed by atoms with Gasteiger partial charge in [-0.25, -0.2) is 4.79 Å². The number of nitriles is 1. The van der Waals surface area contributed by atoms with Gasteiger partial charge in [0.15, 0.2) is 6.10 Å². The van der Waals surface area contributed by atoms with E-state index in [-0.39, 0.29) is 17.9 Å². The van der Waals surface area contributed by atoms with Crippen LogP contribution in [0.5, 0.6) is 0 Å². The Morgan fingerprint density at radius 1 is 1.14 bits per heavy atom. The predicted molar refractivity (Wildman–Crippen MR) is 106 cm³/mol. The minimum atomic E-state index is -0.900. The number of fused-ring (bicyclic) bond motifs is 1. The van der Waals surface area contributed by atoms with E-state index in [9.17, 15) is 14.4 Å². The molecule has 7 heteroatoms. The Morgan fingerprint density at radius 3 is 2.52 bits per heavy atom. The Hall–Kier alpha value is -3.66. The number of amides is 2. The number of carbonyl (C=O) groups excluding carboxylic acids is 3. The molecule has 1 atom stereocenters. The molecule has 2 aromatic carbocycles. The van der Waals surface area contributed by atoms with Crippen LogP contribution >= 0.6 is 0 Å². The molecule has 0 aliphatic carbocycles. The van der Waals surface area contributed by atoms with Gasteiger partial charge in [-0.2, -0.15) is 5.26 Å². The normalized spacial score (nSPS) is 13.6. The second kappa shape index (κ2) is 9.02. The lowest BCUT2D eigenvalue weighted by Gasteiger charge is -2.30. The molecule has 2 amide bonds. The third-order valence-electron chi connectivity index (χ3n) is 4.72. The summed E-state index contributed by atoms with van der Waals surface area (Å²) in [7, 11) is 0. The first-order valence-corrected chi connectivity index (χ1v) is 9.31. The summed E-state index contributed by atoms with van der Waals surface area (Å²) in [6.45, 7) is 2.67. The molecule has 0 saturated carbocycles. The van der Waals surface area contributed by atoms with Crippen molar-refractivity contribution in [3.8, 4) is 6.07 Å². The van der Waals surface area contributed by atoms with Gasteiger partial charge in [0, 0.05) is 18.8 Å². The maximum absolute atomic E-state index is 12.7. The third kappa shape index (κ3) is 4.99. The van der Waals surface area contributed by atoms with Crippen LogP contribution in [0.4, 0.5) is 5.69 Å². The number of rotatable bonds is 5. The van der Waals surface area contributed by atoms with E-state index in [4.69, 9.17) is 10.00 Å². The lowest BCUT2D eigenvalue weighted by atomic mass is 9.99. The van der Waals surface area contributed by atoms with Crippen LogP contribution in [-0.2, 0) is 27.3 Å². The van der Waals surface area contributed by atoms with Crippen molar-refractivity contribution in [2.45, 2.75) is 32.4 Å². The van der Waals surface area contributed by atoms with E-state index in [1.165, 1.54) is 17.7 Å². The highest BCUT2D eigenvalue weighted by Gasteiger charge is 2.27. The van der Waals surface area contributed by atoms with Crippen molar-refractivity contribution in [1.82, 2.24) is 4.90 Å². The Balaban J connectivity index is 1.57. The van der Waals surface area contributed by atoms with Gasteiger partial charge in [0.05, 0.1) is 11.6 Å². The molecule has 1 N–H and O–H groups in total. The molecule has 1 heterocycles. The molecular weight excluding hydrogens is 370 g/mol. The highest BCUT2D eigenvalue weighted by molar-refractivity contribution is 5.94. The van der Waals surface area contributed by atoms with Crippen LogP contribution in [0.2, 0.25) is 0 Å². The lowest BCUT2D eigenvalue weighted by molar-refractivity contribution is -0.140. The molecule has 2 aromatic rings. The van der Waals surface area contributed by atoms with E-state index in [1.807, 2.05) is 18.2 Å². The van der Waals surface area contributed by atoms with E-state index in [2.05, 4.69) is 11.4 Å². The van der Waals surface area contributed by atoms with Crippen molar-refractivity contribution in [3.63, 3.8) is 0 Å². The fourth-order valence-corrected chi connectivity index (χ4v) is 3.19. The Kier molecular flexibility index (Phi) is 6.25. The zero-order valence-corrected chi connectivity index (χ0v) is 16.1. The summed E-state index contributed by atoms with van der Waals surface area (Å²) >= 11 is 0. The van der Waals surface area contributed by atoms with Gasteiger partial charge in [-0.05, 0) is 48.7 Å². The van der Waals surface area contributed by atoms with Crippen molar-refractivity contribution in [3.05, 3.63) is 65.2 Å². The number of carbonyl (C=O) groups is 3. The number of nitrogens with one attached hydrogen (secondary N) is 1. The number of ether oxygens (including phenoxy) is 1. The Bertz CT molecular complexity index is 963. The van der Waals surface area contributed by atoms with E-state index in [0.29, 0.717) is 18.8 Å². The highest BCUT2D eigenvalue weighted by atomic mass is 16.5. The summed E-state index contributed by atoms with van der Waals surface area (Å²) in [5, 5.41) is 11.0. The van der Waals surface area contributed by atoms with Crippen molar-refractivity contribution in [1.29, 1.82) is 5.26 Å². The van der Waals surface area contributed by atoms with E-state index < -0.39 is 18.0 Å². The molecule has 0 fully saturated rings. The number of esters is 1. The van der Waals surface area contributed by atoms with Crippen LogP contribution in [0.1, 0.15) is 34.8 Å². The SMILES string of the molecule is C[C@@H](OC(=O)c1ccc(NC(=O)CC#N)cc1)C(=O)N1CCc2ccccc2C1. The van der Waals surface area contributed by atoms with Gasteiger partial charge in [-0.1, -0.05) is 24.3 Å². The van der Waals surface area contributed by atoms with Crippen LogP contribution in [0, 0.1) is 11.3 Å². The molecule has 148 valence electrons. The molecule has 1 aliphatic heterocycles. The molecule has 1 aliphatic rings. The molecular formula is C22H21N3O4. The minimum Gasteiger partial charge on any atom is -0.449 e. The smallest absolute Gasteiger partial charge is 0.338 e. The number of benzene rings is 2. The number of hydrogen-bond acceptors (Lipinski definition) is 5. The maximum Gasteiger partial charge on any atom is 0.338 e. The second-order valence-electron chi connectivity index (χ2n) is 6.79. The fourth-order valence-electron chi connectivity index (χ4n) is 3.19. The molecule has 0 saturated heterocycles. The molecule has 0 unspecified atom stereocenters. The predicted octanol–water partition coefficient (Wildman–Crippen LogP) is 2.67. The topological polar surface area (TPSA) is 99.5 Å². The summed E-state index contributed by atoms with van der Waals surface area (Å²) in [6.07, 6.45) is -0.367. The summed E-state index contributed by atoms with van der Waals surface area (Å²) in [6, 6.07) is 15.8. The molecule has 7 nitrogen and oxygen atoms in total. The number of anilines is 1. The summed E-state index contributed by atoms with van der Waals surface area (Å²) in [5.41, 5.74) is 3.09. The first kappa shape index (κ1) is 20.1. The summed E-state index contributed by atoms with van der Waals surface area (Å²) in [5.74, 6) is -1.27. The maximum atomic E-state index is 12.7. The van der Waals surface area contributed by atoms with E-state index >= 15 is 0 Å². The van der Waals surface area contributed by atoms with E-state index in [1.54, 1.807) is 30.0 Å². The van der Waals surface area contributed by atoms with Crippen LogP contribution in [0.3, 0.4) is 0 Å². The van der Waals surface area contributed by atoms with Gasteiger partial charge in [0.1, 0.15) is 6.42 Å². The first-order valence-electron chi connectivity index (χ1n) is 9.31. The zero-order valence-electron chi connectivity index (χ0n) is 16.1. The van der Waals surface area contributed by atoms with E-state index in [0.717, 1.165) is 12.0 Å². The van der Waals surface area contributed by atoms with Gasteiger partial charge in [0.25, 0.3) is 5.91 Å². The van der Waals surface area contributed by atoms with Crippen molar-refractivity contribution in [2.24, 2.45) is 0 Å². The van der Waals surface area contributed by atoms with Gasteiger partial charge in [-0.15, -0.1) is 0 Å². The first-order chi connectivity index (χ1) is 14.0. The molecule has 0 radical (unpaired) electrons. The van der Waals surface area contributed by atoms with Crippen LogP contribution < -0.4 is 5.32 Å². The van der Waals surface area contributed by atoms with Crippen molar-refractivity contribution >= 4 is 23.5 Å². The average Bonchev–Trinajstić information content (AvgIpc) is 2.73.